The molecule has 0 saturated heterocycles. The lowest BCUT2D eigenvalue weighted by atomic mass is 9.99. The molecule has 0 fully saturated rings. The maximum Gasteiger partial charge on any atom is 0.237 e. The fourth-order valence-electron chi connectivity index (χ4n) is 2.02. The van der Waals surface area contributed by atoms with Gasteiger partial charge in [-0.15, -0.1) is 0 Å². The Kier molecular flexibility index (Phi) is 4.84. The summed E-state index contributed by atoms with van der Waals surface area (Å²) in [6.07, 6.45) is 0.888. The molecular formula is C15H22N2O3. The third-order valence-electron chi connectivity index (χ3n) is 3.63. The van der Waals surface area contributed by atoms with Gasteiger partial charge in [-0.25, -0.2) is 0 Å². The molecule has 2 atom stereocenters. The van der Waals surface area contributed by atoms with Crippen LogP contribution in [0.5, 0.6) is 11.5 Å². The Morgan fingerprint density at radius 3 is 2.75 bits per heavy atom. The monoisotopic (exact) mass is 278 g/mol. The van der Waals surface area contributed by atoms with Gasteiger partial charge in [0, 0.05) is 6.54 Å². The van der Waals surface area contributed by atoms with E-state index in [9.17, 15) is 4.79 Å². The first-order chi connectivity index (χ1) is 9.61. The minimum atomic E-state index is -0.461. The normalized spacial score (nSPS) is 16.4. The molecule has 0 spiro atoms. The molecule has 0 bridgehead atoms. The molecular weight excluding hydrogens is 256 g/mol. The van der Waals surface area contributed by atoms with E-state index in [4.69, 9.17) is 15.2 Å². The second kappa shape index (κ2) is 6.61. The lowest BCUT2D eigenvalue weighted by molar-refractivity contribution is -0.123. The molecule has 20 heavy (non-hydrogen) atoms. The van der Waals surface area contributed by atoms with Crippen LogP contribution >= 0.6 is 0 Å². The smallest absolute Gasteiger partial charge is 0.237 e. The van der Waals surface area contributed by atoms with Crippen molar-refractivity contribution in [2.45, 2.75) is 32.9 Å². The van der Waals surface area contributed by atoms with Crippen molar-refractivity contribution >= 4 is 5.91 Å². The molecule has 5 heteroatoms. The van der Waals surface area contributed by atoms with Crippen LogP contribution in [0.15, 0.2) is 18.2 Å². The van der Waals surface area contributed by atoms with Crippen LogP contribution in [0.1, 0.15) is 25.8 Å². The average molecular weight is 278 g/mol. The van der Waals surface area contributed by atoms with Gasteiger partial charge in [-0.05, 0) is 23.6 Å². The Balaban J connectivity index is 1.92. The number of carbonyl (C=O) groups excluding carboxylic acids is 1. The predicted octanol–water partition coefficient (Wildman–Crippen LogP) is 1.45. The van der Waals surface area contributed by atoms with Crippen molar-refractivity contribution in [3.05, 3.63) is 23.8 Å². The van der Waals surface area contributed by atoms with E-state index >= 15 is 0 Å². The highest BCUT2D eigenvalue weighted by Crippen LogP contribution is 2.30. The summed E-state index contributed by atoms with van der Waals surface area (Å²) >= 11 is 0. The molecule has 0 aliphatic carbocycles. The zero-order valence-corrected chi connectivity index (χ0v) is 12.0. The van der Waals surface area contributed by atoms with Crippen LogP contribution in [0.4, 0.5) is 0 Å². The van der Waals surface area contributed by atoms with Gasteiger partial charge in [-0.2, -0.15) is 0 Å². The van der Waals surface area contributed by atoms with Gasteiger partial charge in [0.1, 0.15) is 13.2 Å². The molecule has 1 aliphatic heterocycles. The Bertz CT molecular complexity index is 476. The van der Waals surface area contributed by atoms with Crippen LogP contribution in [0.25, 0.3) is 0 Å². The number of nitrogens with two attached hydrogens (primary N) is 1. The summed E-state index contributed by atoms with van der Waals surface area (Å²) in [4.78, 5) is 11.9. The predicted molar refractivity (Wildman–Crippen MR) is 76.7 cm³/mol. The van der Waals surface area contributed by atoms with Crippen LogP contribution in [-0.4, -0.2) is 25.2 Å². The van der Waals surface area contributed by atoms with Crippen LogP contribution in [0.3, 0.4) is 0 Å². The molecule has 1 aliphatic rings. The van der Waals surface area contributed by atoms with E-state index in [2.05, 4.69) is 5.32 Å². The van der Waals surface area contributed by atoms with Crippen LogP contribution in [-0.2, 0) is 11.3 Å². The summed E-state index contributed by atoms with van der Waals surface area (Å²) in [5.74, 6) is 1.54. The Hall–Kier alpha value is -1.75. The number of ether oxygens (including phenoxy) is 2. The van der Waals surface area contributed by atoms with E-state index in [1.54, 1.807) is 0 Å². The number of benzene rings is 1. The highest BCUT2D eigenvalue weighted by molar-refractivity contribution is 5.81. The molecule has 3 N–H and O–H groups in total. The number of amides is 1. The topological polar surface area (TPSA) is 73.6 Å². The number of rotatable bonds is 5. The van der Waals surface area contributed by atoms with Gasteiger partial charge in [0.05, 0.1) is 6.04 Å². The molecule has 5 nitrogen and oxygen atoms in total. The molecule has 0 radical (unpaired) electrons. The fraction of sp³-hybridized carbons (Fsp3) is 0.533. The Morgan fingerprint density at radius 1 is 1.35 bits per heavy atom. The first kappa shape index (κ1) is 14.7. The molecule has 1 amide bonds. The van der Waals surface area contributed by atoms with Gasteiger partial charge >= 0.3 is 0 Å². The second-order valence-electron chi connectivity index (χ2n) is 5.11. The number of carbonyl (C=O) groups is 1. The van der Waals surface area contributed by atoms with Gasteiger partial charge in [0.15, 0.2) is 11.5 Å². The quantitative estimate of drug-likeness (QED) is 0.855. The van der Waals surface area contributed by atoms with Crippen LogP contribution < -0.4 is 20.5 Å². The van der Waals surface area contributed by atoms with Crippen molar-refractivity contribution in [3.63, 3.8) is 0 Å². The van der Waals surface area contributed by atoms with Gasteiger partial charge in [-0.1, -0.05) is 26.3 Å². The standard InChI is InChI=1S/C15H22N2O3/c1-3-10(2)14(16)15(18)17-9-11-4-5-12-13(8-11)20-7-6-19-12/h4-5,8,10,14H,3,6-7,9,16H2,1-2H3,(H,17,18). The molecule has 2 unspecified atom stereocenters. The van der Waals surface area contributed by atoms with E-state index in [1.165, 1.54) is 0 Å². The van der Waals surface area contributed by atoms with Crippen LogP contribution in [0.2, 0.25) is 0 Å². The largest absolute Gasteiger partial charge is 0.486 e. The van der Waals surface area contributed by atoms with Crippen molar-refractivity contribution in [1.29, 1.82) is 0 Å². The maximum absolute atomic E-state index is 11.9. The van der Waals surface area contributed by atoms with Crippen molar-refractivity contribution in [3.8, 4) is 11.5 Å². The van der Waals surface area contributed by atoms with Crippen LogP contribution in [0, 0.1) is 5.92 Å². The number of hydrogen-bond donors (Lipinski definition) is 2. The SMILES string of the molecule is CCC(C)C(N)C(=O)NCc1ccc2c(c1)OCCO2. The summed E-state index contributed by atoms with van der Waals surface area (Å²) < 4.78 is 11.0. The highest BCUT2D eigenvalue weighted by Gasteiger charge is 2.19. The van der Waals surface area contributed by atoms with E-state index in [1.807, 2.05) is 32.0 Å². The summed E-state index contributed by atoms with van der Waals surface area (Å²) in [5, 5.41) is 2.86. The van der Waals surface area contributed by atoms with Crippen molar-refractivity contribution < 1.29 is 14.3 Å². The molecule has 1 heterocycles. The summed E-state index contributed by atoms with van der Waals surface area (Å²) in [5.41, 5.74) is 6.86. The minimum Gasteiger partial charge on any atom is -0.486 e. The van der Waals surface area contributed by atoms with Gasteiger partial charge in [-0.3, -0.25) is 4.79 Å². The number of hydrogen-bond acceptors (Lipinski definition) is 4. The molecule has 1 aromatic rings. The minimum absolute atomic E-state index is 0.116. The van der Waals surface area contributed by atoms with E-state index in [0.717, 1.165) is 23.5 Å². The summed E-state index contributed by atoms with van der Waals surface area (Å²) in [7, 11) is 0. The van der Waals surface area contributed by atoms with E-state index in [-0.39, 0.29) is 11.8 Å². The first-order valence-corrected chi connectivity index (χ1v) is 7.03. The second-order valence-corrected chi connectivity index (χ2v) is 5.11. The molecule has 0 aromatic heterocycles. The molecule has 0 saturated carbocycles. The number of nitrogens with one attached hydrogen (secondary N) is 1. The zero-order valence-electron chi connectivity index (χ0n) is 12.0. The summed E-state index contributed by atoms with van der Waals surface area (Å²) in [6.45, 7) is 5.58. The third-order valence-corrected chi connectivity index (χ3v) is 3.63. The van der Waals surface area contributed by atoms with E-state index < -0.39 is 6.04 Å². The molecule has 110 valence electrons. The van der Waals surface area contributed by atoms with Gasteiger partial charge in [0.2, 0.25) is 5.91 Å². The summed E-state index contributed by atoms with van der Waals surface area (Å²) in [6, 6.07) is 5.22. The van der Waals surface area contributed by atoms with Crippen molar-refractivity contribution in [1.82, 2.24) is 5.32 Å². The average Bonchev–Trinajstić information content (AvgIpc) is 2.50. The number of fused-ring (bicyclic) bond motifs is 1. The Labute approximate surface area is 119 Å². The highest BCUT2D eigenvalue weighted by atomic mass is 16.6. The third kappa shape index (κ3) is 3.42. The first-order valence-electron chi connectivity index (χ1n) is 7.03. The van der Waals surface area contributed by atoms with Crippen molar-refractivity contribution in [2.24, 2.45) is 11.7 Å². The zero-order chi connectivity index (χ0) is 14.5. The lowest BCUT2D eigenvalue weighted by Crippen LogP contribution is -2.44. The molecule has 2 rings (SSSR count). The van der Waals surface area contributed by atoms with Crippen molar-refractivity contribution in [2.75, 3.05) is 13.2 Å². The van der Waals surface area contributed by atoms with Gasteiger partial charge < -0.3 is 20.5 Å². The van der Waals surface area contributed by atoms with E-state index in [0.29, 0.717) is 19.8 Å². The maximum atomic E-state index is 11.9. The lowest BCUT2D eigenvalue weighted by Gasteiger charge is -2.20. The van der Waals surface area contributed by atoms with Gasteiger partial charge in [0.25, 0.3) is 0 Å². The fourth-order valence-corrected chi connectivity index (χ4v) is 2.02. The molecule has 1 aromatic carbocycles. The Morgan fingerprint density at radius 2 is 2.05 bits per heavy atom.